The Balaban J connectivity index is 2.20. The van der Waals surface area contributed by atoms with E-state index in [0.717, 1.165) is 5.56 Å². The van der Waals surface area contributed by atoms with E-state index in [1.54, 1.807) is 30.5 Å². The van der Waals surface area contributed by atoms with Gasteiger partial charge in [-0.05, 0) is 28.9 Å². The third-order valence-corrected chi connectivity index (χ3v) is 4.45. The number of benzene rings is 1. The largest absolute Gasteiger partial charge is 0.612 e. The summed E-state index contributed by atoms with van der Waals surface area (Å²) in [5.41, 5.74) is 6.29. The van der Waals surface area contributed by atoms with Crippen molar-refractivity contribution in [3.8, 4) is 0 Å². The highest BCUT2D eigenvalue weighted by molar-refractivity contribution is 7.90. The summed E-state index contributed by atoms with van der Waals surface area (Å²) >= 11 is -1.05. The average molecular weight is 294 g/mol. The van der Waals surface area contributed by atoms with E-state index in [4.69, 9.17) is 5.73 Å². The van der Waals surface area contributed by atoms with Gasteiger partial charge in [0.1, 0.15) is 18.1 Å². The summed E-state index contributed by atoms with van der Waals surface area (Å²) in [5.74, 6) is -0.203. The van der Waals surface area contributed by atoms with Gasteiger partial charge in [-0.2, -0.15) is 0 Å². The fourth-order valence-electron chi connectivity index (χ4n) is 2.43. The number of nitrogens with two attached hydrogens (primary N) is 1. The van der Waals surface area contributed by atoms with Gasteiger partial charge in [0, 0.05) is 25.9 Å². The number of hydrogen-bond acceptors (Lipinski definition) is 4. The number of ketones is 1. The fourth-order valence-corrected chi connectivity index (χ4v) is 2.95. The van der Waals surface area contributed by atoms with E-state index in [2.05, 4.69) is 0 Å². The first-order valence-corrected chi connectivity index (χ1v) is 8.03. The van der Waals surface area contributed by atoms with Crippen molar-refractivity contribution in [1.82, 2.24) is 4.90 Å². The van der Waals surface area contributed by atoms with Crippen LogP contribution in [0.25, 0.3) is 0 Å². The van der Waals surface area contributed by atoms with Crippen molar-refractivity contribution in [3.05, 3.63) is 29.8 Å². The van der Waals surface area contributed by atoms with Gasteiger partial charge >= 0.3 is 0 Å². The van der Waals surface area contributed by atoms with Gasteiger partial charge in [0.2, 0.25) is 5.91 Å². The zero-order chi connectivity index (χ0) is 14.7. The average Bonchev–Trinajstić information content (AvgIpc) is 2.41. The van der Waals surface area contributed by atoms with Gasteiger partial charge in [-0.15, -0.1) is 0 Å². The van der Waals surface area contributed by atoms with Gasteiger partial charge in [-0.3, -0.25) is 14.5 Å². The second-order valence-corrected chi connectivity index (χ2v) is 6.28. The number of carbonyl (C=O) groups is 2. The molecule has 1 aromatic rings. The normalized spacial score (nSPS) is 19.6. The Morgan fingerprint density at radius 1 is 1.30 bits per heavy atom. The Labute approximate surface area is 121 Å². The number of likely N-dealkylation sites (tertiary alicyclic amines) is 1. The predicted molar refractivity (Wildman–Crippen MR) is 76.5 cm³/mol. The summed E-state index contributed by atoms with van der Waals surface area (Å²) in [5, 5.41) is 0. The maximum atomic E-state index is 11.7. The monoisotopic (exact) mass is 294 g/mol. The molecule has 1 aliphatic rings. The quantitative estimate of drug-likeness (QED) is 0.825. The molecule has 0 bridgehead atoms. The lowest BCUT2D eigenvalue weighted by molar-refractivity contribution is -0.128. The van der Waals surface area contributed by atoms with Crippen LogP contribution in [0.4, 0.5) is 0 Å². The molecule has 1 saturated heterocycles. The van der Waals surface area contributed by atoms with E-state index in [9.17, 15) is 14.1 Å². The van der Waals surface area contributed by atoms with Crippen LogP contribution in [0, 0.1) is 0 Å². The highest BCUT2D eigenvalue weighted by atomic mass is 32.2. The number of rotatable bonds is 4. The minimum Gasteiger partial charge on any atom is -0.612 e. The molecule has 1 heterocycles. The lowest BCUT2D eigenvalue weighted by Gasteiger charge is -2.32. The lowest BCUT2D eigenvalue weighted by atomic mass is 10.0. The van der Waals surface area contributed by atoms with Crippen molar-refractivity contribution in [2.45, 2.75) is 23.8 Å². The predicted octanol–water partition coefficient (Wildman–Crippen LogP) is 0.615. The second kappa shape index (κ2) is 6.39. The molecule has 2 atom stereocenters. The van der Waals surface area contributed by atoms with E-state index >= 15 is 0 Å². The van der Waals surface area contributed by atoms with Crippen LogP contribution in [0.2, 0.25) is 0 Å². The Morgan fingerprint density at radius 2 is 1.85 bits per heavy atom. The number of Topliss-reactive ketones (excluding diaryl/α,β-unsaturated/α-hetero) is 1. The van der Waals surface area contributed by atoms with Crippen LogP contribution in [0.3, 0.4) is 0 Å². The second-order valence-electron chi connectivity index (χ2n) is 4.90. The number of nitrogens with zero attached hydrogens (tertiary/aromatic N) is 1. The van der Waals surface area contributed by atoms with Crippen LogP contribution in [0.5, 0.6) is 0 Å². The maximum absolute atomic E-state index is 11.7. The first-order chi connectivity index (χ1) is 9.49. The molecule has 108 valence electrons. The Hall–Kier alpha value is -1.37. The number of primary amides is 1. The first kappa shape index (κ1) is 15.0. The van der Waals surface area contributed by atoms with Gasteiger partial charge < -0.3 is 10.3 Å². The van der Waals surface area contributed by atoms with Gasteiger partial charge in [-0.25, -0.2) is 0 Å². The number of amides is 1. The summed E-state index contributed by atoms with van der Waals surface area (Å²) in [7, 11) is 0. The fraction of sp³-hybridized carbons (Fsp3) is 0.429. The van der Waals surface area contributed by atoms with Crippen molar-refractivity contribution in [1.29, 1.82) is 0 Å². The van der Waals surface area contributed by atoms with Gasteiger partial charge in [0.25, 0.3) is 0 Å². The van der Waals surface area contributed by atoms with E-state index in [1.807, 2.05) is 4.90 Å². The molecule has 6 heteroatoms. The molecule has 0 radical (unpaired) electrons. The Morgan fingerprint density at radius 3 is 2.30 bits per heavy atom. The summed E-state index contributed by atoms with van der Waals surface area (Å²) in [6.07, 6.45) is 2.53. The third-order valence-electron chi connectivity index (χ3n) is 3.52. The summed E-state index contributed by atoms with van der Waals surface area (Å²) < 4.78 is 11.4. The zero-order valence-corrected chi connectivity index (χ0v) is 12.2. The number of piperidine rings is 1. The van der Waals surface area contributed by atoms with Gasteiger partial charge in [0.05, 0.1) is 0 Å². The standard InChI is InChI=1S/C14H18N2O3S/c1-20(19)12-4-2-10(3-5-12)13(14(15)18)16-8-6-11(17)7-9-16/h2-5,13H,6-9H2,1H3,(H2,15,18). The smallest absolute Gasteiger partial charge is 0.239 e. The highest BCUT2D eigenvalue weighted by Gasteiger charge is 2.29. The molecule has 1 amide bonds. The highest BCUT2D eigenvalue weighted by Crippen LogP contribution is 2.24. The molecule has 1 fully saturated rings. The minimum absolute atomic E-state index is 0.223. The van der Waals surface area contributed by atoms with Crippen molar-refractivity contribution in [2.24, 2.45) is 5.73 Å². The Bertz CT molecular complexity index is 492. The maximum Gasteiger partial charge on any atom is 0.239 e. The van der Waals surface area contributed by atoms with Gasteiger partial charge in [0.15, 0.2) is 4.90 Å². The van der Waals surface area contributed by atoms with Crippen LogP contribution in [-0.2, 0) is 20.8 Å². The van der Waals surface area contributed by atoms with Gasteiger partial charge in [-0.1, -0.05) is 12.1 Å². The van der Waals surface area contributed by atoms with E-state index in [1.165, 1.54) is 0 Å². The molecule has 2 N–H and O–H groups in total. The Kier molecular flexibility index (Phi) is 4.80. The van der Waals surface area contributed by atoms with E-state index < -0.39 is 23.1 Å². The van der Waals surface area contributed by atoms with Crippen molar-refractivity contribution < 1.29 is 14.1 Å². The zero-order valence-electron chi connectivity index (χ0n) is 11.4. The first-order valence-electron chi connectivity index (χ1n) is 6.47. The number of hydrogen-bond donors (Lipinski definition) is 1. The molecular weight excluding hydrogens is 276 g/mol. The van der Waals surface area contributed by atoms with Crippen LogP contribution in [-0.4, -0.2) is 40.5 Å². The van der Waals surface area contributed by atoms with Crippen LogP contribution >= 0.6 is 0 Å². The summed E-state index contributed by atoms with van der Waals surface area (Å²) in [4.78, 5) is 25.7. The van der Waals surface area contributed by atoms with Crippen LogP contribution < -0.4 is 5.73 Å². The van der Waals surface area contributed by atoms with Crippen molar-refractivity contribution in [3.63, 3.8) is 0 Å². The molecule has 0 spiro atoms. The summed E-state index contributed by atoms with van der Waals surface area (Å²) in [6.45, 7) is 1.10. The molecule has 20 heavy (non-hydrogen) atoms. The molecule has 1 aromatic carbocycles. The topological polar surface area (TPSA) is 86.5 Å². The van der Waals surface area contributed by atoms with E-state index in [-0.39, 0.29) is 5.78 Å². The molecule has 5 nitrogen and oxygen atoms in total. The molecular formula is C14H18N2O3S. The van der Waals surface area contributed by atoms with Crippen molar-refractivity contribution >= 4 is 22.9 Å². The van der Waals surface area contributed by atoms with Crippen LogP contribution in [0.1, 0.15) is 24.4 Å². The summed E-state index contributed by atoms with van der Waals surface area (Å²) in [6, 6.07) is 6.53. The van der Waals surface area contributed by atoms with Crippen molar-refractivity contribution in [2.75, 3.05) is 19.3 Å². The number of carbonyl (C=O) groups excluding carboxylic acids is 2. The molecule has 0 saturated carbocycles. The lowest BCUT2D eigenvalue weighted by Crippen LogP contribution is -2.42. The van der Waals surface area contributed by atoms with E-state index in [0.29, 0.717) is 30.8 Å². The third kappa shape index (κ3) is 3.39. The molecule has 1 aliphatic heterocycles. The molecule has 0 aliphatic carbocycles. The molecule has 2 rings (SSSR count). The SMILES string of the molecule is C[S+]([O-])c1ccc(C(C(N)=O)N2CCC(=O)CC2)cc1. The molecule has 2 unspecified atom stereocenters. The van der Waals surface area contributed by atoms with Crippen LogP contribution in [0.15, 0.2) is 29.2 Å². The molecule has 0 aromatic heterocycles. The minimum atomic E-state index is -1.05.